The fraction of sp³-hybridized carbons (Fsp3) is 0.250. The Morgan fingerprint density at radius 3 is 2.71 bits per heavy atom. The molecule has 156 valence electrons. The third-order valence-corrected chi connectivity index (χ3v) is 5.69. The molecule has 0 spiro atoms. The molecule has 1 saturated heterocycles. The van der Waals surface area contributed by atoms with Gasteiger partial charge in [-0.3, -0.25) is 9.48 Å². The van der Waals surface area contributed by atoms with Crippen LogP contribution in [0.15, 0.2) is 65.3 Å². The van der Waals surface area contributed by atoms with Crippen LogP contribution in [0.2, 0.25) is 0 Å². The van der Waals surface area contributed by atoms with Crippen LogP contribution in [0.3, 0.4) is 0 Å². The van der Waals surface area contributed by atoms with Crippen molar-refractivity contribution >= 4 is 11.6 Å². The fourth-order valence-electron chi connectivity index (χ4n) is 4.01. The van der Waals surface area contributed by atoms with Gasteiger partial charge in [-0.1, -0.05) is 41.1 Å². The van der Waals surface area contributed by atoms with Gasteiger partial charge in [-0.15, -0.1) is 0 Å². The number of benzene rings is 2. The third kappa shape index (κ3) is 3.63. The number of rotatable bonds is 5. The summed E-state index contributed by atoms with van der Waals surface area (Å²) >= 11 is 0. The van der Waals surface area contributed by atoms with E-state index >= 15 is 0 Å². The number of hydrogen-bond acceptors (Lipinski definition) is 5. The van der Waals surface area contributed by atoms with E-state index in [1.807, 2.05) is 66.2 Å². The van der Waals surface area contributed by atoms with Crippen molar-refractivity contribution < 1.29 is 9.32 Å². The molecule has 0 saturated carbocycles. The van der Waals surface area contributed by atoms with Gasteiger partial charge in [0.1, 0.15) is 0 Å². The monoisotopic (exact) mass is 413 g/mol. The Labute approximate surface area is 180 Å². The maximum atomic E-state index is 12.6. The van der Waals surface area contributed by atoms with Crippen LogP contribution >= 0.6 is 0 Å². The summed E-state index contributed by atoms with van der Waals surface area (Å²) in [5.41, 5.74) is 5.03. The molecule has 1 fully saturated rings. The van der Waals surface area contributed by atoms with E-state index in [-0.39, 0.29) is 11.8 Å². The van der Waals surface area contributed by atoms with Crippen molar-refractivity contribution in [3.63, 3.8) is 0 Å². The predicted octanol–water partition coefficient (Wildman–Crippen LogP) is 4.45. The summed E-state index contributed by atoms with van der Waals surface area (Å²) in [6, 6.07) is 18.0. The maximum Gasteiger partial charge on any atom is 0.232 e. The summed E-state index contributed by atoms with van der Waals surface area (Å²) in [5, 5.41) is 8.54. The molecule has 0 N–H and O–H groups in total. The van der Waals surface area contributed by atoms with E-state index in [1.54, 1.807) is 11.1 Å². The van der Waals surface area contributed by atoms with Gasteiger partial charge >= 0.3 is 0 Å². The molecule has 1 aliphatic heterocycles. The minimum Gasteiger partial charge on any atom is -0.339 e. The summed E-state index contributed by atoms with van der Waals surface area (Å²) in [7, 11) is 0. The Hall–Kier alpha value is -3.74. The first-order valence-electron chi connectivity index (χ1n) is 10.5. The minimum absolute atomic E-state index is 0.0726. The normalized spacial score (nSPS) is 16.3. The average Bonchev–Trinajstić information content (AvgIpc) is 3.54. The summed E-state index contributed by atoms with van der Waals surface area (Å²) in [6.45, 7) is 5.43. The molecule has 5 rings (SSSR count). The number of carbonyl (C=O) groups is 1. The van der Waals surface area contributed by atoms with Crippen LogP contribution < -0.4 is 4.90 Å². The first-order valence-corrected chi connectivity index (χ1v) is 10.5. The van der Waals surface area contributed by atoms with Crippen molar-refractivity contribution in [2.75, 3.05) is 11.4 Å². The standard InChI is InChI=1S/C24H23N5O2/c1-3-29-21(11-12-25-29)17-5-4-6-18(13-17)23-26-24(31-27-23)19-14-22(30)28(15-19)20-9-7-16(2)8-10-20/h4-13,19H,3,14-15H2,1-2H3/t19-/m1/s1. The lowest BCUT2D eigenvalue weighted by molar-refractivity contribution is -0.117. The molecule has 1 amide bonds. The van der Waals surface area contributed by atoms with Gasteiger partial charge in [0.05, 0.1) is 11.6 Å². The van der Waals surface area contributed by atoms with E-state index in [0.717, 1.165) is 34.6 Å². The molecule has 2 aromatic heterocycles. The molecule has 31 heavy (non-hydrogen) atoms. The van der Waals surface area contributed by atoms with Crippen molar-refractivity contribution in [1.29, 1.82) is 0 Å². The first kappa shape index (κ1) is 19.2. The molecule has 0 aliphatic carbocycles. The van der Waals surface area contributed by atoms with E-state index in [9.17, 15) is 4.79 Å². The van der Waals surface area contributed by atoms with Crippen LogP contribution in [0.25, 0.3) is 22.6 Å². The van der Waals surface area contributed by atoms with E-state index in [2.05, 4.69) is 22.2 Å². The minimum atomic E-state index is -0.111. The van der Waals surface area contributed by atoms with E-state index in [1.165, 1.54) is 0 Å². The highest BCUT2D eigenvalue weighted by atomic mass is 16.5. The number of nitrogens with zero attached hydrogens (tertiary/aromatic N) is 5. The van der Waals surface area contributed by atoms with E-state index < -0.39 is 0 Å². The number of aryl methyl sites for hydroxylation is 2. The molecule has 0 radical (unpaired) electrons. The molecular weight excluding hydrogens is 390 g/mol. The second-order valence-electron chi connectivity index (χ2n) is 7.81. The molecule has 1 atom stereocenters. The molecule has 7 heteroatoms. The van der Waals surface area contributed by atoms with Gasteiger partial charge < -0.3 is 9.42 Å². The lowest BCUT2D eigenvalue weighted by Gasteiger charge is -2.16. The zero-order chi connectivity index (χ0) is 21.4. The van der Waals surface area contributed by atoms with E-state index in [0.29, 0.717) is 24.7 Å². The quantitative estimate of drug-likeness (QED) is 0.483. The zero-order valence-electron chi connectivity index (χ0n) is 17.5. The van der Waals surface area contributed by atoms with Gasteiger partial charge in [0, 0.05) is 42.5 Å². The molecule has 2 aromatic carbocycles. The Morgan fingerprint density at radius 2 is 1.90 bits per heavy atom. The number of carbonyl (C=O) groups excluding carboxylic acids is 1. The van der Waals surface area contributed by atoms with Crippen molar-refractivity contribution in [3.8, 4) is 22.6 Å². The summed E-state index contributed by atoms with van der Waals surface area (Å²) in [4.78, 5) is 19.0. The van der Waals surface area contributed by atoms with Crippen LogP contribution in [0.1, 0.15) is 30.7 Å². The highest BCUT2D eigenvalue weighted by Gasteiger charge is 2.35. The van der Waals surface area contributed by atoms with Crippen LogP contribution in [0, 0.1) is 6.92 Å². The highest BCUT2D eigenvalue weighted by molar-refractivity contribution is 5.96. The summed E-state index contributed by atoms with van der Waals surface area (Å²) in [5.74, 6) is 0.991. The SMILES string of the molecule is CCn1nccc1-c1cccc(-c2noc([C@@H]3CC(=O)N(c4ccc(C)cc4)C3)n2)c1. The van der Waals surface area contributed by atoms with Crippen LogP contribution in [0.4, 0.5) is 5.69 Å². The van der Waals surface area contributed by atoms with Crippen LogP contribution in [-0.2, 0) is 11.3 Å². The highest BCUT2D eigenvalue weighted by Crippen LogP contribution is 2.32. The molecule has 4 aromatic rings. The maximum absolute atomic E-state index is 12.6. The largest absolute Gasteiger partial charge is 0.339 e. The fourth-order valence-corrected chi connectivity index (χ4v) is 4.01. The average molecular weight is 413 g/mol. The number of amides is 1. The predicted molar refractivity (Wildman–Crippen MR) is 118 cm³/mol. The lowest BCUT2D eigenvalue weighted by Crippen LogP contribution is -2.24. The van der Waals surface area contributed by atoms with Crippen LogP contribution in [-0.4, -0.2) is 32.4 Å². The van der Waals surface area contributed by atoms with Gasteiger partial charge in [-0.05, 0) is 38.1 Å². The Morgan fingerprint density at radius 1 is 1.10 bits per heavy atom. The number of hydrogen-bond donors (Lipinski definition) is 0. The summed E-state index contributed by atoms with van der Waals surface area (Å²) < 4.78 is 7.52. The van der Waals surface area contributed by atoms with Gasteiger partial charge in [-0.2, -0.15) is 10.1 Å². The van der Waals surface area contributed by atoms with Crippen LogP contribution in [0.5, 0.6) is 0 Å². The molecule has 0 bridgehead atoms. The van der Waals surface area contributed by atoms with Gasteiger partial charge in [0.2, 0.25) is 17.6 Å². The lowest BCUT2D eigenvalue weighted by atomic mass is 10.1. The van der Waals surface area contributed by atoms with Gasteiger partial charge in [-0.25, -0.2) is 0 Å². The molecule has 7 nitrogen and oxygen atoms in total. The Balaban J connectivity index is 1.38. The second kappa shape index (κ2) is 7.83. The Bertz CT molecular complexity index is 1220. The summed E-state index contributed by atoms with van der Waals surface area (Å²) in [6.07, 6.45) is 2.17. The topological polar surface area (TPSA) is 77.0 Å². The van der Waals surface area contributed by atoms with Crippen molar-refractivity contribution in [1.82, 2.24) is 19.9 Å². The molecule has 1 aliphatic rings. The molecule has 0 unspecified atom stereocenters. The zero-order valence-corrected chi connectivity index (χ0v) is 17.5. The number of aromatic nitrogens is 4. The molecule has 3 heterocycles. The molecular formula is C24H23N5O2. The van der Waals surface area contributed by atoms with Crippen molar-refractivity contribution in [3.05, 3.63) is 72.2 Å². The second-order valence-corrected chi connectivity index (χ2v) is 7.81. The van der Waals surface area contributed by atoms with E-state index in [4.69, 9.17) is 4.52 Å². The van der Waals surface area contributed by atoms with Gasteiger partial charge in [0.15, 0.2) is 0 Å². The van der Waals surface area contributed by atoms with Crippen molar-refractivity contribution in [2.45, 2.75) is 32.7 Å². The van der Waals surface area contributed by atoms with Crippen molar-refractivity contribution in [2.24, 2.45) is 0 Å². The number of anilines is 1. The van der Waals surface area contributed by atoms with Gasteiger partial charge in [0.25, 0.3) is 0 Å². The smallest absolute Gasteiger partial charge is 0.232 e. The first-order chi connectivity index (χ1) is 15.1. The Kier molecular flexibility index (Phi) is 4.86. The third-order valence-electron chi connectivity index (χ3n) is 5.69.